The smallest absolute Gasteiger partial charge is 0.370 e. The second kappa shape index (κ2) is 10.8. The molecule has 0 radical (unpaired) electrons. The molecule has 1 rings (SSSR count). The van der Waals surface area contributed by atoms with Crippen LogP contribution in [-0.2, 0) is 6.42 Å². The quantitative estimate of drug-likeness (QED) is 0.165. The third-order valence-electron chi connectivity index (χ3n) is 2.95. The highest BCUT2D eigenvalue weighted by molar-refractivity contribution is 7.80. The number of halogens is 6. The Balaban J connectivity index is 2.33. The van der Waals surface area contributed by atoms with Gasteiger partial charge in [0.15, 0.2) is 11.1 Å². The fraction of sp³-hybridized carbons (Fsp3) is 0.571. The summed E-state index contributed by atoms with van der Waals surface area (Å²) in [5.41, 5.74) is 5.36. The van der Waals surface area contributed by atoms with Gasteiger partial charge in [-0.3, -0.25) is 0 Å². The summed E-state index contributed by atoms with van der Waals surface area (Å²) in [5.74, 6) is 0.196. The lowest BCUT2D eigenvalue weighted by molar-refractivity contribution is -0.122. The molecule has 0 bridgehead atoms. The molecule has 0 spiro atoms. The molecule has 0 amide bonds. The van der Waals surface area contributed by atoms with E-state index in [-0.39, 0.29) is 10.9 Å². The molecule has 0 aliphatic carbocycles. The number of nitrogens with one attached hydrogen (secondary N) is 3. The number of aromatic nitrogens is 2. The lowest BCUT2D eigenvalue weighted by Crippen LogP contribution is -2.40. The zero-order valence-electron chi connectivity index (χ0n) is 14.5. The molecule has 0 aliphatic heterocycles. The monoisotopic (exact) mass is 431 g/mol. The van der Waals surface area contributed by atoms with Crippen LogP contribution in [0.2, 0.25) is 0 Å². The van der Waals surface area contributed by atoms with Crippen LogP contribution in [0.3, 0.4) is 0 Å². The van der Waals surface area contributed by atoms with Gasteiger partial charge in [-0.2, -0.15) is 26.3 Å². The van der Waals surface area contributed by atoms with Gasteiger partial charge in [-0.15, -0.1) is 0 Å². The molecule has 158 valence electrons. The van der Waals surface area contributed by atoms with Crippen molar-refractivity contribution in [1.82, 2.24) is 20.6 Å². The molecule has 0 aromatic carbocycles. The highest BCUT2D eigenvalue weighted by atomic mass is 32.1. The Morgan fingerprint density at radius 2 is 1.82 bits per heavy atom. The van der Waals surface area contributed by atoms with Crippen LogP contribution in [0.25, 0.3) is 0 Å². The van der Waals surface area contributed by atoms with Crippen molar-refractivity contribution in [3.63, 3.8) is 0 Å². The van der Waals surface area contributed by atoms with Gasteiger partial charge in [0.1, 0.15) is 24.7 Å². The van der Waals surface area contributed by atoms with Crippen LogP contribution in [0, 0.1) is 0 Å². The number of rotatable bonds is 8. The molecule has 0 aliphatic rings. The van der Waals surface area contributed by atoms with Crippen molar-refractivity contribution in [2.45, 2.75) is 31.6 Å². The maximum Gasteiger partial charge on any atom is 0.408 e. The van der Waals surface area contributed by atoms with Gasteiger partial charge in [-0.1, -0.05) is 0 Å². The minimum atomic E-state index is -4.46. The molecular formula is C14H19F6N7S. The minimum absolute atomic E-state index is 0.0895. The number of aryl methyl sites for hydroxylation is 1. The molecule has 7 nitrogen and oxygen atoms in total. The summed E-state index contributed by atoms with van der Waals surface area (Å²) >= 11 is 4.72. The van der Waals surface area contributed by atoms with E-state index in [1.165, 1.54) is 12.3 Å². The summed E-state index contributed by atoms with van der Waals surface area (Å²) in [6, 6.07) is 1.42. The van der Waals surface area contributed by atoms with Crippen molar-refractivity contribution in [3.8, 4) is 0 Å². The largest absolute Gasteiger partial charge is 0.408 e. The predicted molar refractivity (Wildman–Crippen MR) is 95.8 cm³/mol. The number of guanidine groups is 1. The van der Waals surface area contributed by atoms with Gasteiger partial charge in [0.2, 0.25) is 0 Å². The van der Waals surface area contributed by atoms with E-state index >= 15 is 0 Å². The number of thiocarbonyl (C=S) groups is 1. The highest BCUT2D eigenvalue weighted by Crippen LogP contribution is 2.14. The zero-order chi connectivity index (χ0) is 21.2. The van der Waals surface area contributed by atoms with Crippen molar-refractivity contribution >= 4 is 29.1 Å². The number of nitrogens with two attached hydrogens (primary N) is 1. The fourth-order valence-electron chi connectivity index (χ4n) is 1.79. The van der Waals surface area contributed by atoms with Crippen molar-refractivity contribution in [3.05, 3.63) is 18.1 Å². The average Bonchev–Trinajstić information content (AvgIpc) is 2.57. The molecule has 1 heterocycles. The van der Waals surface area contributed by atoms with E-state index in [1.807, 2.05) is 5.32 Å². The summed E-state index contributed by atoms with van der Waals surface area (Å²) < 4.78 is 72.3. The first kappa shape index (κ1) is 23.7. The number of hydrogen-bond acceptors (Lipinski definition) is 4. The van der Waals surface area contributed by atoms with Gasteiger partial charge in [-0.05, 0) is 31.1 Å². The van der Waals surface area contributed by atoms with Gasteiger partial charge in [-0.25, -0.2) is 15.0 Å². The van der Waals surface area contributed by atoms with Crippen molar-refractivity contribution < 1.29 is 26.3 Å². The summed E-state index contributed by atoms with van der Waals surface area (Å²) in [6.45, 7) is -2.25. The van der Waals surface area contributed by atoms with Crippen molar-refractivity contribution in [2.24, 2.45) is 10.7 Å². The van der Waals surface area contributed by atoms with Gasteiger partial charge >= 0.3 is 12.4 Å². The van der Waals surface area contributed by atoms with Crippen molar-refractivity contribution in [1.29, 1.82) is 0 Å². The van der Waals surface area contributed by atoms with Crippen LogP contribution in [0.1, 0.15) is 18.7 Å². The van der Waals surface area contributed by atoms with Crippen LogP contribution in [0.4, 0.5) is 32.2 Å². The molecule has 0 saturated carbocycles. The summed E-state index contributed by atoms with van der Waals surface area (Å²) in [4.78, 5) is 11.3. The molecule has 0 unspecified atom stereocenters. The fourth-order valence-corrected chi connectivity index (χ4v) is 1.96. The molecule has 28 heavy (non-hydrogen) atoms. The molecule has 5 N–H and O–H groups in total. The normalized spacial score (nSPS) is 12.6. The summed E-state index contributed by atoms with van der Waals surface area (Å²) in [7, 11) is 0. The van der Waals surface area contributed by atoms with Crippen LogP contribution in [0.5, 0.6) is 0 Å². The van der Waals surface area contributed by atoms with E-state index in [2.05, 4.69) is 25.6 Å². The van der Waals surface area contributed by atoms with Gasteiger partial charge in [0.25, 0.3) is 0 Å². The van der Waals surface area contributed by atoms with E-state index < -0.39 is 31.4 Å². The van der Waals surface area contributed by atoms with Crippen LogP contribution < -0.4 is 21.7 Å². The predicted octanol–water partition coefficient (Wildman–Crippen LogP) is 2.11. The maximum atomic E-state index is 12.1. The van der Waals surface area contributed by atoms with E-state index in [0.717, 1.165) is 0 Å². The van der Waals surface area contributed by atoms with E-state index in [0.29, 0.717) is 31.6 Å². The highest BCUT2D eigenvalue weighted by Gasteiger charge is 2.27. The minimum Gasteiger partial charge on any atom is -0.370 e. The summed E-state index contributed by atoms with van der Waals surface area (Å²) in [5, 5.41) is 7.05. The number of hydrogen-bond donors (Lipinski definition) is 4. The van der Waals surface area contributed by atoms with E-state index in [1.54, 1.807) is 0 Å². The Morgan fingerprint density at radius 3 is 2.46 bits per heavy atom. The van der Waals surface area contributed by atoms with Crippen LogP contribution in [-0.4, -0.2) is 53.0 Å². The molecular weight excluding hydrogens is 412 g/mol. The third kappa shape index (κ3) is 12.1. The van der Waals surface area contributed by atoms with Crippen molar-refractivity contribution in [2.75, 3.05) is 25.0 Å². The van der Waals surface area contributed by atoms with Gasteiger partial charge < -0.3 is 21.7 Å². The Labute approximate surface area is 162 Å². The number of aliphatic imine (C=N–C) groups is 1. The number of anilines is 1. The molecule has 1 aromatic rings. The Kier molecular flexibility index (Phi) is 9.15. The maximum absolute atomic E-state index is 12.1. The number of alkyl halides is 6. The first-order valence-corrected chi connectivity index (χ1v) is 8.39. The Hall–Kier alpha value is -2.38. The first-order valence-electron chi connectivity index (χ1n) is 7.99. The molecule has 14 heteroatoms. The topological polar surface area (TPSA) is 100 Å². The zero-order valence-corrected chi connectivity index (χ0v) is 15.3. The van der Waals surface area contributed by atoms with Crippen LogP contribution >= 0.6 is 12.2 Å². The van der Waals surface area contributed by atoms with Gasteiger partial charge in [0.05, 0.1) is 0 Å². The SMILES string of the molecule is N/C(=N/CC(F)(F)F)Nc1ccnc(CCCCNC(=S)NCC(F)(F)F)n1. The first-order chi connectivity index (χ1) is 12.9. The number of nitrogens with zero attached hydrogens (tertiary/aromatic N) is 3. The molecule has 0 saturated heterocycles. The average molecular weight is 431 g/mol. The second-order valence-corrected chi connectivity index (χ2v) is 5.89. The van der Waals surface area contributed by atoms with E-state index in [9.17, 15) is 26.3 Å². The Morgan fingerprint density at radius 1 is 1.11 bits per heavy atom. The third-order valence-corrected chi connectivity index (χ3v) is 3.24. The summed E-state index contributed by atoms with van der Waals surface area (Å²) in [6.07, 6.45) is -5.75. The number of unbranched alkanes of at least 4 members (excludes halogenated alkanes) is 1. The Bertz CT molecular complexity index is 662. The van der Waals surface area contributed by atoms with Crippen LogP contribution in [0.15, 0.2) is 17.3 Å². The van der Waals surface area contributed by atoms with E-state index in [4.69, 9.17) is 18.0 Å². The van der Waals surface area contributed by atoms with Gasteiger partial charge in [0, 0.05) is 19.2 Å². The standard InChI is InChI=1S/C14H19F6N7S/c15-13(16,17)7-24-11(21)27-10-4-6-22-9(26-10)3-1-2-5-23-12(28)25-8-14(18,19)20/h4,6H,1-3,5,7-8H2,(H2,23,25,28)(H3,21,22,24,26,27). The second-order valence-electron chi connectivity index (χ2n) is 5.48. The molecule has 0 fully saturated rings. The molecule has 1 aromatic heterocycles. The lowest BCUT2D eigenvalue weighted by atomic mass is 10.2. The molecule has 0 atom stereocenters. The lowest BCUT2D eigenvalue weighted by Gasteiger charge is -2.12.